The van der Waals surface area contributed by atoms with E-state index in [2.05, 4.69) is 10.6 Å². The van der Waals surface area contributed by atoms with Gasteiger partial charge in [0.1, 0.15) is 0 Å². The summed E-state index contributed by atoms with van der Waals surface area (Å²) >= 11 is 0. The van der Waals surface area contributed by atoms with Gasteiger partial charge < -0.3 is 10.6 Å². The second kappa shape index (κ2) is 9.44. The highest BCUT2D eigenvalue weighted by Crippen LogP contribution is 2.32. The summed E-state index contributed by atoms with van der Waals surface area (Å²) in [5, 5.41) is 5.98. The van der Waals surface area contributed by atoms with Gasteiger partial charge in [-0.2, -0.15) is 0 Å². The van der Waals surface area contributed by atoms with E-state index in [1.165, 1.54) is 4.31 Å². The van der Waals surface area contributed by atoms with Crippen LogP contribution in [0.4, 0.5) is 16.2 Å². The third kappa shape index (κ3) is 4.78. The van der Waals surface area contributed by atoms with Crippen LogP contribution in [0.5, 0.6) is 0 Å². The van der Waals surface area contributed by atoms with Crippen molar-refractivity contribution in [2.24, 2.45) is 0 Å². The highest BCUT2D eigenvalue weighted by molar-refractivity contribution is 7.92. The number of sulfonamides is 1. The fraction of sp³-hybridized carbons (Fsp3) is 0.240. The summed E-state index contributed by atoms with van der Waals surface area (Å²) in [6.07, 6.45) is 1.53. The summed E-state index contributed by atoms with van der Waals surface area (Å²) in [6.45, 7) is 2.14. The van der Waals surface area contributed by atoms with Crippen LogP contribution < -0.4 is 14.9 Å². The highest BCUT2D eigenvalue weighted by atomic mass is 32.2. The van der Waals surface area contributed by atoms with E-state index in [4.69, 9.17) is 0 Å². The predicted octanol–water partition coefficient (Wildman–Crippen LogP) is 4.70. The summed E-state index contributed by atoms with van der Waals surface area (Å²) in [5.41, 5.74) is 4.24. The maximum absolute atomic E-state index is 12.9. The maximum atomic E-state index is 12.9. The van der Waals surface area contributed by atoms with Crippen LogP contribution in [0.15, 0.2) is 78.9 Å². The molecule has 1 heterocycles. The molecule has 0 atom stereocenters. The van der Waals surface area contributed by atoms with E-state index in [-0.39, 0.29) is 17.8 Å². The maximum Gasteiger partial charge on any atom is 0.319 e. The number of amides is 2. The number of nitrogens with zero attached hydrogens (tertiary/aromatic N) is 1. The minimum atomic E-state index is -3.31. The van der Waals surface area contributed by atoms with Gasteiger partial charge in [-0.25, -0.2) is 13.2 Å². The Hall–Kier alpha value is -3.32. The second-order valence-electron chi connectivity index (χ2n) is 7.77. The van der Waals surface area contributed by atoms with Crippen LogP contribution in [0, 0.1) is 0 Å². The lowest BCUT2D eigenvalue weighted by Crippen LogP contribution is -2.36. The van der Waals surface area contributed by atoms with Gasteiger partial charge in [-0.1, -0.05) is 60.7 Å². The minimum Gasteiger partial charge on any atom is -0.327 e. The number of hydrogen-bond donors (Lipinski definition) is 2. The molecule has 32 heavy (non-hydrogen) atoms. The Morgan fingerprint density at radius 2 is 1.59 bits per heavy atom. The first kappa shape index (κ1) is 21.9. The Balaban J connectivity index is 1.53. The molecule has 0 aromatic heterocycles. The predicted molar refractivity (Wildman–Crippen MR) is 128 cm³/mol. The van der Waals surface area contributed by atoms with Crippen molar-refractivity contribution in [2.75, 3.05) is 21.9 Å². The molecule has 0 fully saturated rings. The molecule has 166 valence electrons. The Morgan fingerprint density at radius 3 is 2.19 bits per heavy atom. The summed E-state index contributed by atoms with van der Waals surface area (Å²) in [4.78, 5) is 12.9. The number of hydrogen-bond acceptors (Lipinski definition) is 3. The molecule has 0 radical (unpaired) electrons. The average Bonchev–Trinajstić information content (AvgIpc) is 2.83. The monoisotopic (exact) mass is 449 g/mol. The van der Waals surface area contributed by atoms with Crippen LogP contribution in [0.2, 0.25) is 0 Å². The van der Waals surface area contributed by atoms with E-state index in [1.54, 1.807) is 19.1 Å². The molecule has 1 aliphatic rings. The fourth-order valence-electron chi connectivity index (χ4n) is 4.03. The van der Waals surface area contributed by atoms with Gasteiger partial charge in [-0.05, 0) is 54.7 Å². The van der Waals surface area contributed by atoms with Crippen LogP contribution in [-0.2, 0) is 16.4 Å². The number of fused-ring (bicyclic) bond motifs is 1. The third-order valence-corrected chi connectivity index (χ3v) is 7.44. The lowest BCUT2D eigenvalue weighted by Gasteiger charge is -2.30. The quantitative estimate of drug-likeness (QED) is 0.573. The third-order valence-electron chi connectivity index (χ3n) is 5.66. The molecule has 3 aromatic rings. The zero-order valence-electron chi connectivity index (χ0n) is 18.0. The van der Waals surface area contributed by atoms with Crippen molar-refractivity contribution in [3.63, 3.8) is 0 Å². The molecule has 6 nitrogen and oxygen atoms in total. The lowest BCUT2D eigenvalue weighted by molar-refractivity contribution is 0.250. The molecule has 4 rings (SSSR count). The fourth-order valence-corrected chi connectivity index (χ4v) is 5.23. The molecular formula is C25H27N3O3S. The van der Waals surface area contributed by atoms with E-state index >= 15 is 0 Å². The van der Waals surface area contributed by atoms with Crippen LogP contribution >= 0.6 is 0 Å². The van der Waals surface area contributed by atoms with E-state index in [0.717, 1.165) is 29.5 Å². The van der Waals surface area contributed by atoms with Gasteiger partial charge in [0.15, 0.2) is 0 Å². The Kier molecular flexibility index (Phi) is 6.46. The van der Waals surface area contributed by atoms with Gasteiger partial charge in [0.2, 0.25) is 10.0 Å². The first-order chi connectivity index (χ1) is 15.5. The van der Waals surface area contributed by atoms with Crippen molar-refractivity contribution < 1.29 is 13.2 Å². The van der Waals surface area contributed by atoms with Crippen molar-refractivity contribution in [3.8, 4) is 0 Å². The lowest BCUT2D eigenvalue weighted by atomic mass is 9.99. The van der Waals surface area contributed by atoms with Gasteiger partial charge in [0.25, 0.3) is 0 Å². The van der Waals surface area contributed by atoms with Crippen LogP contribution in [0.3, 0.4) is 0 Å². The van der Waals surface area contributed by atoms with Crippen molar-refractivity contribution in [3.05, 3.63) is 95.6 Å². The molecule has 0 aliphatic carbocycles. The van der Waals surface area contributed by atoms with Gasteiger partial charge in [0, 0.05) is 12.2 Å². The number of urea groups is 1. The van der Waals surface area contributed by atoms with Gasteiger partial charge in [-0.15, -0.1) is 0 Å². The normalized spacial score (nSPS) is 13.5. The Bertz CT molecular complexity index is 1140. The molecule has 0 saturated carbocycles. The van der Waals surface area contributed by atoms with Crippen molar-refractivity contribution in [2.45, 2.75) is 25.8 Å². The van der Waals surface area contributed by atoms with Gasteiger partial charge in [-0.3, -0.25) is 4.31 Å². The topological polar surface area (TPSA) is 78.5 Å². The van der Waals surface area contributed by atoms with E-state index < -0.39 is 10.0 Å². The summed E-state index contributed by atoms with van der Waals surface area (Å²) in [6, 6.07) is 24.4. The average molecular weight is 450 g/mol. The van der Waals surface area contributed by atoms with Gasteiger partial charge in [0.05, 0.1) is 17.5 Å². The number of carbonyl (C=O) groups is 1. The molecule has 0 saturated heterocycles. The van der Waals surface area contributed by atoms with Crippen LogP contribution in [0.25, 0.3) is 0 Å². The molecule has 1 aliphatic heterocycles. The van der Waals surface area contributed by atoms with E-state index in [9.17, 15) is 13.2 Å². The first-order valence-electron chi connectivity index (χ1n) is 10.8. The SMILES string of the molecule is CCS(=O)(=O)N1CCCc2cc(NC(=O)NC(c3ccccc3)c3ccccc3)ccc21. The summed E-state index contributed by atoms with van der Waals surface area (Å²) in [7, 11) is -3.31. The molecule has 0 unspecified atom stereocenters. The molecule has 0 spiro atoms. The molecule has 0 bridgehead atoms. The smallest absolute Gasteiger partial charge is 0.319 e. The van der Waals surface area contributed by atoms with E-state index in [0.29, 0.717) is 17.9 Å². The zero-order chi connectivity index (χ0) is 22.6. The highest BCUT2D eigenvalue weighted by Gasteiger charge is 2.26. The van der Waals surface area contributed by atoms with Crippen molar-refractivity contribution >= 4 is 27.4 Å². The zero-order valence-corrected chi connectivity index (χ0v) is 18.8. The number of carbonyl (C=O) groups excluding carboxylic acids is 1. The molecule has 2 amide bonds. The number of benzene rings is 3. The standard InChI is InChI=1S/C25H27N3O3S/c1-2-32(30,31)28-17-9-14-21-18-22(15-16-23(21)28)26-25(29)27-24(19-10-5-3-6-11-19)20-12-7-4-8-13-20/h3-8,10-13,15-16,18,24H,2,9,14,17H2,1H3,(H2,26,27,29). The van der Waals surface area contributed by atoms with Gasteiger partial charge >= 0.3 is 6.03 Å². The van der Waals surface area contributed by atoms with Crippen LogP contribution in [-0.4, -0.2) is 26.7 Å². The van der Waals surface area contributed by atoms with E-state index in [1.807, 2.05) is 66.7 Å². The Labute approximate surface area is 189 Å². The second-order valence-corrected chi connectivity index (χ2v) is 9.95. The van der Waals surface area contributed by atoms with Crippen molar-refractivity contribution in [1.82, 2.24) is 5.32 Å². The number of anilines is 2. The number of rotatable bonds is 6. The molecular weight excluding hydrogens is 422 g/mol. The largest absolute Gasteiger partial charge is 0.327 e. The molecule has 7 heteroatoms. The molecule has 3 aromatic carbocycles. The minimum absolute atomic E-state index is 0.0647. The summed E-state index contributed by atoms with van der Waals surface area (Å²) < 4.78 is 26.3. The molecule has 2 N–H and O–H groups in total. The Morgan fingerprint density at radius 1 is 0.969 bits per heavy atom. The first-order valence-corrected chi connectivity index (χ1v) is 12.4. The van der Waals surface area contributed by atoms with Crippen molar-refractivity contribution in [1.29, 1.82) is 0 Å². The summed E-state index contributed by atoms with van der Waals surface area (Å²) in [5.74, 6) is 0.0647. The number of nitrogens with one attached hydrogen (secondary N) is 2. The van der Waals surface area contributed by atoms with Crippen LogP contribution in [0.1, 0.15) is 36.1 Å². The number of aryl methyl sites for hydroxylation is 1.